The van der Waals surface area contributed by atoms with Gasteiger partial charge in [-0.1, -0.05) is 44.2 Å². The van der Waals surface area contributed by atoms with E-state index < -0.39 is 0 Å². The number of benzene rings is 2. The standard InChI is InChI=1S/C20H24N2O/c1-3-14-15(4-2)18(20(21)23)10-9-17(14)19-16-8-6-5-7-13(16)11-12-22-19/h5-10,19,22H,3-4,11-12H2,1-2H3,(H2,21,23). The number of carbonyl (C=O) groups excluding carboxylic acids is 1. The van der Waals surface area contributed by atoms with Crippen LogP contribution in [0.15, 0.2) is 36.4 Å². The van der Waals surface area contributed by atoms with Crippen LogP contribution in [-0.4, -0.2) is 12.5 Å². The maximum Gasteiger partial charge on any atom is 0.248 e. The summed E-state index contributed by atoms with van der Waals surface area (Å²) in [6.07, 6.45) is 2.79. The Balaban J connectivity index is 2.16. The van der Waals surface area contributed by atoms with E-state index in [0.717, 1.165) is 31.4 Å². The smallest absolute Gasteiger partial charge is 0.248 e. The molecule has 2 aromatic carbocycles. The van der Waals surface area contributed by atoms with Crippen molar-refractivity contribution in [1.29, 1.82) is 0 Å². The van der Waals surface area contributed by atoms with E-state index in [4.69, 9.17) is 5.73 Å². The second-order valence-electron chi connectivity index (χ2n) is 6.07. The highest BCUT2D eigenvalue weighted by molar-refractivity contribution is 5.95. The summed E-state index contributed by atoms with van der Waals surface area (Å²) in [6, 6.07) is 12.8. The minimum absolute atomic E-state index is 0.196. The number of nitrogens with two attached hydrogens (primary N) is 1. The minimum atomic E-state index is -0.333. The van der Waals surface area contributed by atoms with Crippen LogP contribution < -0.4 is 11.1 Å². The predicted molar refractivity (Wildman–Crippen MR) is 93.7 cm³/mol. The molecule has 2 aromatic rings. The van der Waals surface area contributed by atoms with Crippen molar-refractivity contribution in [2.24, 2.45) is 5.73 Å². The molecule has 3 rings (SSSR count). The Labute approximate surface area is 137 Å². The van der Waals surface area contributed by atoms with Gasteiger partial charge in [-0.05, 0) is 53.1 Å². The first-order chi connectivity index (χ1) is 11.2. The van der Waals surface area contributed by atoms with Crippen molar-refractivity contribution < 1.29 is 4.79 Å². The third-order valence-corrected chi connectivity index (χ3v) is 4.86. The van der Waals surface area contributed by atoms with Crippen molar-refractivity contribution in [2.75, 3.05) is 6.54 Å². The molecule has 1 atom stereocenters. The highest BCUT2D eigenvalue weighted by Crippen LogP contribution is 2.33. The zero-order chi connectivity index (χ0) is 16.4. The van der Waals surface area contributed by atoms with Gasteiger partial charge in [0.2, 0.25) is 5.91 Å². The van der Waals surface area contributed by atoms with Gasteiger partial charge in [-0.2, -0.15) is 0 Å². The summed E-state index contributed by atoms with van der Waals surface area (Å²) in [4.78, 5) is 11.7. The molecule has 0 aromatic heterocycles. The number of nitrogens with one attached hydrogen (secondary N) is 1. The summed E-state index contributed by atoms with van der Waals surface area (Å²) < 4.78 is 0. The lowest BCUT2D eigenvalue weighted by Crippen LogP contribution is -2.31. The van der Waals surface area contributed by atoms with Gasteiger partial charge in [-0.15, -0.1) is 0 Å². The number of carbonyl (C=O) groups is 1. The Morgan fingerprint density at radius 2 is 1.83 bits per heavy atom. The normalized spacial score (nSPS) is 16.9. The predicted octanol–water partition coefficient (Wildman–Crippen LogP) is 3.15. The van der Waals surface area contributed by atoms with Crippen molar-refractivity contribution in [1.82, 2.24) is 5.32 Å². The summed E-state index contributed by atoms with van der Waals surface area (Å²) in [5, 5.41) is 3.65. The van der Waals surface area contributed by atoms with Gasteiger partial charge in [0, 0.05) is 12.1 Å². The fourth-order valence-corrected chi connectivity index (χ4v) is 3.82. The lowest BCUT2D eigenvalue weighted by molar-refractivity contribution is 0.0999. The molecule has 3 nitrogen and oxygen atoms in total. The van der Waals surface area contributed by atoms with Crippen LogP contribution in [0.1, 0.15) is 58.1 Å². The van der Waals surface area contributed by atoms with Crippen molar-refractivity contribution in [3.63, 3.8) is 0 Å². The first-order valence-corrected chi connectivity index (χ1v) is 8.43. The summed E-state index contributed by atoms with van der Waals surface area (Å²) in [6.45, 7) is 5.22. The number of fused-ring (bicyclic) bond motifs is 1. The van der Waals surface area contributed by atoms with Gasteiger partial charge in [0.1, 0.15) is 0 Å². The van der Waals surface area contributed by atoms with Crippen LogP contribution in [0.3, 0.4) is 0 Å². The number of amides is 1. The van der Waals surface area contributed by atoms with Crippen LogP contribution in [-0.2, 0) is 19.3 Å². The molecule has 1 aliphatic rings. The topological polar surface area (TPSA) is 55.1 Å². The number of hydrogen-bond donors (Lipinski definition) is 2. The highest BCUT2D eigenvalue weighted by Gasteiger charge is 2.25. The lowest BCUT2D eigenvalue weighted by atomic mass is 9.83. The average Bonchev–Trinajstić information content (AvgIpc) is 2.59. The van der Waals surface area contributed by atoms with E-state index in [2.05, 4.69) is 49.5 Å². The van der Waals surface area contributed by atoms with Crippen LogP contribution in [0, 0.1) is 0 Å². The fraction of sp³-hybridized carbons (Fsp3) is 0.350. The van der Waals surface area contributed by atoms with Gasteiger partial charge in [-0.3, -0.25) is 4.79 Å². The molecule has 0 aliphatic carbocycles. The maximum atomic E-state index is 11.7. The maximum absolute atomic E-state index is 11.7. The molecule has 1 aliphatic heterocycles. The van der Waals surface area contributed by atoms with Gasteiger partial charge in [0.25, 0.3) is 0 Å². The quantitative estimate of drug-likeness (QED) is 0.911. The molecule has 23 heavy (non-hydrogen) atoms. The minimum Gasteiger partial charge on any atom is -0.366 e. The number of hydrogen-bond acceptors (Lipinski definition) is 2. The van der Waals surface area contributed by atoms with E-state index in [1.165, 1.54) is 22.3 Å². The Bertz CT molecular complexity index is 736. The van der Waals surface area contributed by atoms with E-state index in [1.54, 1.807) is 0 Å². The first kappa shape index (κ1) is 15.8. The lowest BCUT2D eigenvalue weighted by Gasteiger charge is -2.30. The summed E-state index contributed by atoms with van der Waals surface area (Å²) in [5.74, 6) is -0.333. The molecule has 1 unspecified atom stereocenters. The van der Waals surface area contributed by atoms with Crippen molar-refractivity contribution in [2.45, 2.75) is 39.2 Å². The van der Waals surface area contributed by atoms with Gasteiger partial charge < -0.3 is 11.1 Å². The van der Waals surface area contributed by atoms with E-state index >= 15 is 0 Å². The third kappa shape index (κ3) is 2.77. The van der Waals surface area contributed by atoms with Crippen LogP contribution in [0.25, 0.3) is 0 Å². The van der Waals surface area contributed by atoms with Gasteiger partial charge >= 0.3 is 0 Å². The molecule has 3 heteroatoms. The molecule has 3 N–H and O–H groups in total. The SMILES string of the molecule is CCc1c(C(N)=O)ccc(C2NCCc3ccccc32)c1CC. The molecule has 1 heterocycles. The van der Waals surface area contributed by atoms with E-state index in [0.29, 0.717) is 5.56 Å². The molecule has 120 valence electrons. The van der Waals surface area contributed by atoms with E-state index in [9.17, 15) is 4.79 Å². The summed E-state index contributed by atoms with van der Waals surface area (Å²) >= 11 is 0. The molecular weight excluding hydrogens is 284 g/mol. The van der Waals surface area contributed by atoms with E-state index in [-0.39, 0.29) is 11.9 Å². The highest BCUT2D eigenvalue weighted by atomic mass is 16.1. The van der Waals surface area contributed by atoms with E-state index in [1.807, 2.05) is 6.07 Å². The zero-order valence-corrected chi connectivity index (χ0v) is 13.9. The Morgan fingerprint density at radius 1 is 1.09 bits per heavy atom. The molecule has 0 fully saturated rings. The van der Waals surface area contributed by atoms with Gasteiger partial charge in [-0.25, -0.2) is 0 Å². The average molecular weight is 308 g/mol. The van der Waals surface area contributed by atoms with Crippen LogP contribution in [0.5, 0.6) is 0 Å². The Hall–Kier alpha value is -2.13. The number of rotatable bonds is 4. The molecule has 0 bridgehead atoms. The molecule has 0 spiro atoms. The Kier molecular flexibility index (Phi) is 4.49. The van der Waals surface area contributed by atoms with Crippen LogP contribution in [0.2, 0.25) is 0 Å². The van der Waals surface area contributed by atoms with Crippen molar-refractivity contribution >= 4 is 5.91 Å². The molecular formula is C20H24N2O. The zero-order valence-electron chi connectivity index (χ0n) is 13.9. The van der Waals surface area contributed by atoms with Crippen molar-refractivity contribution in [3.8, 4) is 0 Å². The van der Waals surface area contributed by atoms with Crippen molar-refractivity contribution in [3.05, 3.63) is 69.8 Å². The second-order valence-corrected chi connectivity index (χ2v) is 6.07. The third-order valence-electron chi connectivity index (χ3n) is 4.86. The molecule has 1 amide bonds. The second kappa shape index (κ2) is 6.55. The first-order valence-electron chi connectivity index (χ1n) is 8.43. The Morgan fingerprint density at radius 3 is 2.52 bits per heavy atom. The summed E-state index contributed by atoms with van der Waals surface area (Å²) in [7, 11) is 0. The summed E-state index contributed by atoms with van der Waals surface area (Å²) in [5.41, 5.74) is 12.6. The monoisotopic (exact) mass is 308 g/mol. The molecule has 0 radical (unpaired) electrons. The largest absolute Gasteiger partial charge is 0.366 e. The molecule has 0 saturated heterocycles. The fourth-order valence-electron chi connectivity index (χ4n) is 3.82. The molecule has 0 saturated carbocycles. The van der Waals surface area contributed by atoms with Gasteiger partial charge in [0.05, 0.1) is 6.04 Å². The van der Waals surface area contributed by atoms with Gasteiger partial charge in [0.15, 0.2) is 0 Å². The van der Waals surface area contributed by atoms with Crippen LogP contribution in [0.4, 0.5) is 0 Å². The number of primary amides is 1. The van der Waals surface area contributed by atoms with Crippen LogP contribution >= 0.6 is 0 Å².